The van der Waals surface area contributed by atoms with Crippen LogP contribution < -0.4 is 5.32 Å². The fraction of sp³-hybridized carbons (Fsp3) is 0.182. The second-order valence-corrected chi connectivity index (χ2v) is 3.10. The fourth-order valence-electron chi connectivity index (χ4n) is 1.36. The van der Waals surface area contributed by atoms with E-state index < -0.39 is 6.09 Å². The number of rotatable bonds is 2. The molecule has 0 saturated carbocycles. The second-order valence-electron chi connectivity index (χ2n) is 3.10. The molecule has 0 aliphatic carbocycles. The third-order valence-electron chi connectivity index (χ3n) is 2.07. The summed E-state index contributed by atoms with van der Waals surface area (Å²) in [6.45, 7) is 0.335. The molecule has 1 N–H and O–H groups in total. The van der Waals surface area contributed by atoms with Gasteiger partial charge in [0.05, 0.1) is 13.7 Å². The van der Waals surface area contributed by atoms with E-state index in [-0.39, 0.29) is 0 Å². The maximum atomic E-state index is 10.8. The molecule has 15 heavy (non-hydrogen) atoms. The smallest absolute Gasteiger partial charge is 0.407 e. The molecule has 0 radical (unpaired) electrons. The van der Waals surface area contributed by atoms with Crippen LogP contribution in [0.4, 0.5) is 4.79 Å². The summed E-state index contributed by atoms with van der Waals surface area (Å²) in [6, 6.07) is 9.58. The highest BCUT2D eigenvalue weighted by Gasteiger charge is 2.04. The Labute approximate surface area is 86.8 Å². The third-order valence-corrected chi connectivity index (χ3v) is 2.07. The Morgan fingerprint density at radius 1 is 1.47 bits per heavy atom. The van der Waals surface area contributed by atoms with E-state index in [0.717, 1.165) is 11.0 Å². The number of para-hydroxylation sites is 1. The molecule has 2 aromatic rings. The van der Waals surface area contributed by atoms with Crippen LogP contribution in [-0.2, 0) is 11.3 Å². The SMILES string of the molecule is COC(=O)NCc1cc2ccccc2o1. The number of benzene rings is 1. The van der Waals surface area contributed by atoms with Crippen LogP contribution in [0.2, 0.25) is 0 Å². The van der Waals surface area contributed by atoms with Crippen LogP contribution in [0.5, 0.6) is 0 Å². The number of hydrogen-bond acceptors (Lipinski definition) is 3. The van der Waals surface area contributed by atoms with Gasteiger partial charge in [-0.1, -0.05) is 18.2 Å². The predicted octanol–water partition coefficient (Wildman–Crippen LogP) is 2.29. The summed E-state index contributed by atoms with van der Waals surface area (Å²) in [5.74, 6) is 0.710. The van der Waals surface area contributed by atoms with Crippen LogP contribution in [0.25, 0.3) is 11.0 Å². The number of carbonyl (C=O) groups excluding carboxylic acids is 1. The van der Waals surface area contributed by atoms with Gasteiger partial charge in [0.2, 0.25) is 0 Å². The number of amides is 1. The first kappa shape index (κ1) is 9.58. The molecule has 0 spiro atoms. The maximum Gasteiger partial charge on any atom is 0.407 e. The highest BCUT2D eigenvalue weighted by molar-refractivity contribution is 5.77. The van der Waals surface area contributed by atoms with Gasteiger partial charge in [0.15, 0.2) is 0 Å². The highest BCUT2D eigenvalue weighted by atomic mass is 16.5. The second kappa shape index (κ2) is 4.04. The number of nitrogens with one attached hydrogen (secondary N) is 1. The van der Waals surface area contributed by atoms with Crippen LogP contribution in [0, 0.1) is 0 Å². The van der Waals surface area contributed by atoms with Crippen molar-refractivity contribution in [2.24, 2.45) is 0 Å². The van der Waals surface area contributed by atoms with E-state index >= 15 is 0 Å². The van der Waals surface area contributed by atoms with Crippen molar-refractivity contribution in [1.82, 2.24) is 5.32 Å². The van der Waals surface area contributed by atoms with Gasteiger partial charge in [0, 0.05) is 5.39 Å². The van der Waals surface area contributed by atoms with Crippen LogP contribution >= 0.6 is 0 Å². The average molecular weight is 205 g/mol. The molecule has 0 fully saturated rings. The molecule has 0 saturated heterocycles. The van der Waals surface area contributed by atoms with Gasteiger partial charge >= 0.3 is 6.09 Å². The van der Waals surface area contributed by atoms with Crippen molar-refractivity contribution >= 4 is 17.1 Å². The first-order valence-corrected chi connectivity index (χ1v) is 4.59. The van der Waals surface area contributed by atoms with Crippen molar-refractivity contribution in [3.63, 3.8) is 0 Å². The molecule has 78 valence electrons. The molecular weight excluding hydrogens is 194 g/mol. The third kappa shape index (κ3) is 2.10. The monoisotopic (exact) mass is 205 g/mol. The van der Waals surface area contributed by atoms with Crippen molar-refractivity contribution in [3.8, 4) is 0 Å². The Morgan fingerprint density at radius 3 is 3.00 bits per heavy atom. The predicted molar refractivity (Wildman–Crippen MR) is 55.5 cm³/mol. The quantitative estimate of drug-likeness (QED) is 0.818. The Hall–Kier alpha value is -1.97. The lowest BCUT2D eigenvalue weighted by molar-refractivity contribution is 0.169. The van der Waals surface area contributed by atoms with E-state index in [4.69, 9.17) is 4.42 Å². The van der Waals surface area contributed by atoms with Crippen LogP contribution in [0.15, 0.2) is 34.7 Å². The minimum absolute atomic E-state index is 0.335. The number of alkyl carbamates (subject to hydrolysis) is 1. The zero-order chi connectivity index (χ0) is 10.7. The van der Waals surface area contributed by atoms with Crippen molar-refractivity contribution < 1.29 is 13.9 Å². The molecular formula is C11H11NO3. The minimum Gasteiger partial charge on any atom is -0.459 e. The number of ether oxygens (including phenoxy) is 1. The van der Waals surface area contributed by atoms with E-state index in [2.05, 4.69) is 10.1 Å². The Kier molecular flexibility index (Phi) is 2.58. The van der Waals surface area contributed by atoms with Crippen molar-refractivity contribution in [2.75, 3.05) is 7.11 Å². The molecule has 1 heterocycles. The molecule has 1 amide bonds. The van der Waals surface area contributed by atoms with Gasteiger partial charge in [-0.05, 0) is 12.1 Å². The molecule has 1 aromatic carbocycles. The number of methoxy groups -OCH3 is 1. The molecule has 0 bridgehead atoms. The summed E-state index contributed by atoms with van der Waals surface area (Å²) in [4.78, 5) is 10.8. The van der Waals surface area contributed by atoms with E-state index in [1.54, 1.807) is 0 Å². The lowest BCUT2D eigenvalue weighted by atomic mass is 10.2. The number of carbonyl (C=O) groups is 1. The van der Waals surface area contributed by atoms with Gasteiger partial charge in [0.1, 0.15) is 11.3 Å². The maximum absolute atomic E-state index is 10.8. The molecule has 0 aliphatic heterocycles. The summed E-state index contributed by atoms with van der Waals surface area (Å²) in [5.41, 5.74) is 0.819. The van der Waals surface area contributed by atoms with Gasteiger partial charge < -0.3 is 14.5 Å². The van der Waals surface area contributed by atoms with Crippen LogP contribution in [-0.4, -0.2) is 13.2 Å². The van der Waals surface area contributed by atoms with Crippen molar-refractivity contribution in [1.29, 1.82) is 0 Å². The Morgan fingerprint density at radius 2 is 2.27 bits per heavy atom. The first-order valence-electron chi connectivity index (χ1n) is 4.59. The lowest BCUT2D eigenvalue weighted by Gasteiger charge is -1.99. The molecule has 0 atom stereocenters. The van der Waals surface area contributed by atoms with Gasteiger partial charge in [-0.25, -0.2) is 4.79 Å². The summed E-state index contributed by atoms with van der Waals surface area (Å²) < 4.78 is 9.95. The van der Waals surface area contributed by atoms with Crippen molar-refractivity contribution in [3.05, 3.63) is 36.1 Å². The van der Waals surface area contributed by atoms with Crippen molar-refractivity contribution in [2.45, 2.75) is 6.54 Å². The summed E-state index contributed by atoms with van der Waals surface area (Å²) in [5, 5.41) is 3.58. The van der Waals surface area contributed by atoms with Gasteiger partial charge in [0.25, 0.3) is 0 Å². The zero-order valence-corrected chi connectivity index (χ0v) is 8.32. The molecule has 2 rings (SSSR count). The van der Waals surface area contributed by atoms with E-state index in [0.29, 0.717) is 12.3 Å². The largest absolute Gasteiger partial charge is 0.459 e. The topological polar surface area (TPSA) is 51.5 Å². The van der Waals surface area contributed by atoms with Crippen LogP contribution in [0.1, 0.15) is 5.76 Å². The summed E-state index contributed by atoms with van der Waals surface area (Å²) >= 11 is 0. The fourth-order valence-corrected chi connectivity index (χ4v) is 1.36. The number of fused-ring (bicyclic) bond motifs is 1. The lowest BCUT2D eigenvalue weighted by Crippen LogP contribution is -2.21. The molecule has 1 aromatic heterocycles. The van der Waals surface area contributed by atoms with Gasteiger partial charge in [-0.15, -0.1) is 0 Å². The van der Waals surface area contributed by atoms with Crippen LogP contribution in [0.3, 0.4) is 0 Å². The summed E-state index contributed by atoms with van der Waals surface area (Å²) in [6.07, 6.45) is -0.463. The molecule has 4 nitrogen and oxygen atoms in total. The number of furan rings is 1. The van der Waals surface area contributed by atoms with Gasteiger partial charge in [-0.3, -0.25) is 0 Å². The molecule has 4 heteroatoms. The zero-order valence-electron chi connectivity index (χ0n) is 8.32. The van der Waals surface area contributed by atoms with Gasteiger partial charge in [-0.2, -0.15) is 0 Å². The minimum atomic E-state index is -0.463. The van der Waals surface area contributed by atoms with E-state index in [9.17, 15) is 4.79 Å². The number of hydrogen-bond donors (Lipinski definition) is 1. The average Bonchev–Trinajstić information content (AvgIpc) is 2.68. The van der Waals surface area contributed by atoms with E-state index in [1.807, 2.05) is 30.3 Å². The normalized spacial score (nSPS) is 10.2. The first-order chi connectivity index (χ1) is 7.29. The Bertz CT molecular complexity index is 442. The Balaban J connectivity index is 2.12. The molecule has 0 aliphatic rings. The highest BCUT2D eigenvalue weighted by Crippen LogP contribution is 2.18. The standard InChI is InChI=1S/C11H11NO3/c1-14-11(13)12-7-9-6-8-4-2-3-5-10(8)15-9/h2-6H,7H2,1H3,(H,12,13). The summed E-state index contributed by atoms with van der Waals surface area (Å²) in [7, 11) is 1.33. The molecule has 0 unspecified atom stereocenters. The van der Waals surface area contributed by atoms with E-state index in [1.165, 1.54) is 7.11 Å².